The number of carbonyl (C=O) groups excluding carboxylic acids is 2. The summed E-state index contributed by atoms with van der Waals surface area (Å²) in [5.41, 5.74) is 0.672. The Kier molecular flexibility index (Phi) is 8.20. The van der Waals surface area contributed by atoms with Crippen molar-refractivity contribution in [3.05, 3.63) is 28.2 Å². The molecule has 1 aromatic carbocycles. The predicted octanol–water partition coefficient (Wildman–Crippen LogP) is 3.64. The number of benzene rings is 1. The van der Waals surface area contributed by atoms with E-state index in [2.05, 4.69) is 10.6 Å². The SMILES string of the molecule is CCCCC(NC(=O)C(C)Nc1ccc(Cl)c(Cl)c1)C(=O)OC. The Balaban J connectivity index is 2.66. The van der Waals surface area contributed by atoms with Crippen LogP contribution >= 0.6 is 23.2 Å². The van der Waals surface area contributed by atoms with Crippen molar-refractivity contribution >= 4 is 40.8 Å². The van der Waals surface area contributed by atoms with Gasteiger partial charge < -0.3 is 15.4 Å². The number of methoxy groups -OCH3 is 1. The molecule has 23 heavy (non-hydrogen) atoms. The van der Waals surface area contributed by atoms with E-state index in [0.29, 0.717) is 22.2 Å². The van der Waals surface area contributed by atoms with Gasteiger partial charge in [0, 0.05) is 5.69 Å². The molecule has 2 atom stereocenters. The Bertz CT molecular complexity index is 552. The maximum Gasteiger partial charge on any atom is 0.328 e. The average molecular weight is 361 g/mol. The summed E-state index contributed by atoms with van der Waals surface area (Å²) in [5.74, 6) is -0.726. The van der Waals surface area contributed by atoms with Gasteiger partial charge in [0.1, 0.15) is 12.1 Å². The molecule has 0 spiro atoms. The third-order valence-electron chi connectivity index (χ3n) is 3.34. The number of esters is 1. The lowest BCUT2D eigenvalue weighted by molar-refractivity contribution is -0.145. The molecule has 0 aliphatic carbocycles. The maximum atomic E-state index is 12.3. The van der Waals surface area contributed by atoms with Crippen LogP contribution in [0.2, 0.25) is 10.0 Å². The first-order chi connectivity index (χ1) is 10.9. The topological polar surface area (TPSA) is 67.4 Å². The molecule has 7 heteroatoms. The predicted molar refractivity (Wildman–Crippen MR) is 93.0 cm³/mol. The molecule has 2 N–H and O–H groups in total. The molecule has 2 unspecified atom stereocenters. The monoisotopic (exact) mass is 360 g/mol. The quantitative estimate of drug-likeness (QED) is 0.694. The number of halogens is 2. The van der Waals surface area contributed by atoms with Gasteiger partial charge in [-0.3, -0.25) is 4.79 Å². The highest BCUT2D eigenvalue weighted by Crippen LogP contribution is 2.25. The summed E-state index contributed by atoms with van der Waals surface area (Å²) in [7, 11) is 1.31. The van der Waals surface area contributed by atoms with Crippen LogP contribution in [0, 0.1) is 0 Å². The van der Waals surface area contributed by atoms with Crippen molar-refractivity contribution < 1.29 is 14.3 Å². The average Bonchev–Trinajstić information content (AvgIpc) is 2.53. The minimum atomic E-state index is -0.634. The number of amides is 1. The van der Waals surface area contributed by atoms with E-state index in [1.165, 1.54) is 7.11 Å². The van der Waals surface area contributed by atoms with Gasteiger partial charge in [0.25, 0.3) is 0 Å². The van der Waals surface area contributed by atoms with Crippen LogP contribution in [-0.4, -0.2) is 31.1 Å². The van der Waals surface area contributed by atoms with Gasteiger partial charge in [0.2, 0.25) is 5.91 Å². The summed E-state index contributed by atoms with van der Waals surface area (Å²) in [5, 5.41) is 6.58. The van der Waals surface area contributed by atoms with Crippen molar-refractivity contribution in [3.8, 4) is 0 Å². The second-order valence-corrected chi connectivity index (χ2v) is 6.04. The van der Waals surface area contributed by atoms with Gasteiger partial charge in [-0.15, -0.1) is 0 Å². The zero-order valence-corrected chi connectivity index (χ0v) is 15.0. The molecule has 0 fully saturated rings. The van der Waals surface area contributed by atoms with Crippen molar-refractivity contribution in [1.29, 1.82) is 0 Å². The Labute approximate surface area is 146 Å². The molecule has 128 valence electrons. The van der Waals surface area contributed by atoms with Gasteiger partial charge in [-0.25, -0.2) is 4.79 Å². The summed E-state index contributed by atoms with van der Waals surface area (Å²) in [4.78, 5) is 24.0. The Morgan fingerprint density at radius 1 is 1.26 bits per heavy atom. The summed E-state index contributed by atoms with van der Waals surface area (Å²) in [6.45, 7) is 3.72. The van der Waals surface area contributed by atoms with Crippen molar-refractivity contribution in [2.24, 2.45) is 0 Å². The number of ether oxygens (including phenoxy) is 1. The highest BCUT2D eigenvalue weighted by Gasteiger charge is 2.23. The van der Waals surface area contributed by atoms with Crippen LogP contribution in [-0.2, 0) is 14.3 Å². The van der Waals surface area contributed by atoms with Gasteiger partial charge in [0.15, 0.2) is 0 Å². The second-order valence-electron chi connectivity index (χ2n) is 5.22. The lowest BCUT2D eigenvalue weighted by Crippen LogP contribution is -2.47. The van der Waals surface area contributed by atoms with Crippen LogP contribution in [0.5, 0.6) is 0 Å². The molecule has 1 rings (SSSR count). The normalized spacial score (nSPS) is 13.1. The van der Waals surface area contributed by atoms with E-state index in [4.69, 9.17) is 27.9 Å². The van der Waals surface area contributed by atoms with Crippen molar-refractivity contribution in [3.63, 3.8) is 0 Å². The molecule has 5 nitrogen and oxygen atoms in total. The zero-order valence-electron chi connectivity index (χ0n) is 13.5. The Morgan fingerprint density at radius 3 is 2.52 bits per heavy atom. The maximum absolute atomic E-state index is 12.3. The van der Waals surface area contributed by atoms with Crippen LogP contribution in [0.4, 0.5) is 5.69 Å². The number of anilines is 1. The fourth-order valence-electron chi connectivity index (χ4n) is 2.00. The van der Waals surface area contributed by atoms with Crippen LogP contribution < -0.4 is 10.6 Å². The lowest BCUT2D eigenvalue weighted by atomic mass is 10.1. The molecule has 0 bridgehead atoms. The van der Waals surface area contributed by atoms with Crippen LogP contribution in [0.25, 0.3) is 0 Å². The zero-order chi connectivity index (χ0) is 17.4. The first-order valence-electron chi connectivity index (χ1n) is 7.48. The van der Waals surface area contributed by atoms with Crippen molar-refractivity contribution in [1.82, 2.24) is 5.32 Å². The Hall–Kier alpha value is -1.46. The molecular weight excluding hydrogens is 339 g/mol. The molecule has 0 aliphatic rings. The van der Waals surface area contributed by atoms with E-state index < -0.39 is 18.1 Å². The minimum Gasteiger partial charge on any atom is -0.467 e. The van der Waals surface area contributed by atoms with Crippen molar-refractivity contribution in [2.45, 2.75) is 45.2 Å². The van der Waals surface area contributed by atoms with Gasteiger partial charge in [0.05, 0.1) is 17.2 Å². The molecule has 1 amide bonds. The first-order valence-corrected chi connectivity index (χ1v) is 8.24. The van der Waals surface area contributed by atoms with Crippen LogP contribution in [0.1, 0.15) is 33.1 Å². The molecule has 0 saturated heterocycles. The standard InChI is InChI=1S/C16H22Cl2N2O3/c1-4-5-6-14(16(22)23-3)20-15(21)10(2)19-11-7-8-12(17)13(18)9-11/h7-10,14,19H,4-6H2,1-3H3,(H,20,21). The number of hydrogen-bond acceptors (Lipinski definition) is 4. The number of carbonyl (C=O) groups is 2. The third-order valence-corrected chi connectivity index (χ3v) is 4.08. The van der Waals surface area contributed by atoms with Gasteiger partial charge in [-0.1, -0.05) is 43.0 Å². The van der Waals surface area contributed by atoms with E-state index in [0.717, 1.165) is 12.8 Å². The van der Waals surface area contributed by atoms with Crippen LogP contribution in [0.3, 0.4) is 0 Å². The van der Waals surface area contributed by atoms with E-state index in [1.807, 2.05) is 6.92 Å². The number of nitrogens with one attached hydrogen (secondary N) is 2. The van der Waals surface area contributed by atoms with Crippen LogP contribution in [0.15, 0.2) is 18.2 Å². The fraction of sp³-hybridized carbons (Fsp3) is 0.500. The third kappa shape index (κ3) is 6.28. The molecule has 0 heterocycles. The second kappa shape index (κ2) is 9.63. The summed E-state index contributed by atoms with van der Waals surface area (Å²) in [6, 6.07) is 3.84. The molecule has 0 saturated carbocycles. The smallest absolute Gasteiger partial charge is 0.328 e. The summed E-state index contributed by atoms with van der Waals surface area (Å²) in [6.07, 6.45) is 2.31. The molecule has 0 aliphatic heterocycles. The van der Waals surface area contributed by atoms with Gasteiger partial charge in [-0.2, -0.15) is 0 Å². The molecule has 0 radical (unpaired) electrons. The van der Waals surface area contributed by atoms with E-state index in [-0.39, 0.29) is 5.91 Å². The largest absolute Gasteiger partial charge is 0.467 e. The highest BCUT2D eigenvalue weighted by atomic mass is 35.5. The molecule has 1 aromatic rings. The number of hydrogen-bond donors (Lipinski definition) is 2. The Morgan fingerprint density at radius 2 is 1.96 bits per heavy atom. The number of unbranched alkanes of at least 4 members (excludes halogenated alkanes) is 1. The van der Waals surface area contributed by atoms with Gasteiger partial charge in [-0.05, 0) is 31.5 Å². The molecular formula is C16H22Cl2N2O3. The van der Waals surface area contributed by atoms with Crippen molar-refractivity contribution in [2.75, 3.05) is 12.4 Å². The summed E-state index contributed by atoms with van der Waals surface area (Å²) >= 11 is 11.8. The van der Waals surface area contributed by atoms with E-state index in [9.17, 15) is 9.59 Å². The summed E-state index contributed by atoms with van der Waals surface area (Å²) < 4.78 is 4.73. The lowest BCUT2D eigenvalue weighted by Gasteiger charge is -2.20. The van der Waals surface area contributed by atoms with Gasteiger partial charge >= 0.3 is 5.97 Å². The minimum absolute atomic E-state index is 0.289. The molecule has 0 aromatic heterocycles. The highest BCUT2D eigenvalue weighted by molar-refractivity contribution is 6.42. The first kappa shape index (κ1) is 19.6. The fourth-order valence-corrected chi connectivity index (χ4v) is 2.30. The number of rotatable bonds is 8. The van der Waals surface area contributed by atoms with E-state index >= 15 is 0 Å². The van der Waals surface area contributed by atoms with E-state index in [1.54, 1.807) is 25.1 Å².